The van der Waals surface area contributed by atoms with Gasteiger partial charge in [0.2, 0.25) is 0 Å². The number of hydrogen-bond acceptors (Lipinski definition) is 6. The fourth-order valence-corrected chi connectivity index (χ4v) is 3.88. The molecule has 2 aromatic rings. The van der Waals surface area contributed by atoms with Crippen molar-refractivity contribution in [3.8, 4) is 0 Å². The molecule has 0 bridgehead atoms. The highest BCUT2D eigenvalue weighted by Gasteiger charge is 2.13. The number of unbranched alkanes of at least 4 members (excludes halogenated alkanes) is 4. The third kappa shape index (κ3) is 17.5. The Bertz CT molecular complexity index is 768. The minimum absolute atomic E-state index is 0.0614. The van der Waals surface area contributed by atoms with Crippen molar-refractivity contribution in [2.75, 3.05) is 60.0 Å². The van der Waals surface area contributed by atoms with E-state index in [9.17, 15) is 5.11 Å². The second kappa shape index (κ2) is 23.0. The molecule has 2 rings (SSSR count). The predicted octanol–water partition coefficient (Wildman–Crippen LogP) is 3.13. The molecule has 214 valence electrons. The summed E-state index contributed by atoms with van der Waals surface area (Å²) in [5.41, 5.74) is 0. The Morgan fingerprint density at radius 2 is 0.947 bits per heavy atom. The Morgan fingerprint density at radius 3 is 1.45 bits per heavy atom. The van der Waals surface area contributed by atoms with Gasteiger partial charge in [-0.3, -0.25) is 0 Å². The third-order valence-electron chi connectivity index (χ3n) is 6.07. The summed E-state index contributed by atoms with van der Waals surface area (Å²) >= 11 is 0. The Kier molecular flexibility index (Phi) is 19.5. The van der Waals surface area contributed by atoms with Crippen LogP contribution in [0.15, 0.2) is 61.2 Å². The van der Waals surface area contributed by atoms with E-state index in [0.717, 1.165) is 84.5 Å². The lowest BCUT2D eigenvalue weighted by Gasteiger charge is -2.12. The summed E-state index contributed by atoms with van der Waals surface area (Å²) in [6.45, 7) is 6.87. The maximum Gasteiger partial charge on any atom is 0.176 e. The van der Waals surface area contributed by atoms with Crippen LogP contribution >= 0.6 is 0 Å². The Balaban J connectivity index is 1.25. The fraction of sp³-hybridized carbons (Fsp3) is 0.667. The summed E-state index contributed by atoms with van der Waals surface area (Å²) < 4.78 is 32.4. The van der Waals surface area contributed by atoms with Gasteiger partial charge in [0, 0.05) is 71.0 Å². The number of aromatic nitrogens is 2. The van der Waals surface area contributed by atoms with Gasteiger partial charge in [0.05, 0.1) is 13.2 Å². The van der Waals surface area contributed by atoms with Crippen LogP contribution in [0.2, 0.25) is 0 Å². The number of aliphatic hydroxyl groups is 1. The molecule has 2 unspecified atom stereocenters. The number of ether oxygens (including phenoxy) is 5. The predicted molar refractivity (Wildman–Crippen MR) is 146 cm³/mol. The SMILES string of the molecule is COC(COCCCCOCCCCCOCCCCOCC(O)C[n+]1ccccc1)C[n+]1ccccc1. The minimum Gasteiger partial charge on any atom is -0.384 e. The van der Waals surface area contributed by atoms with E-state index in [0.29, 0.717) is 26.4 Å². The van der Waals surface area contributed by atoms with Crippen LogP contribution in [0.1, 0.15) is 44.9 Å². The molecule has 2 heterocycles. The topological polar surface area (TPSA) is 74.1 Å². The molecule has 0 saturated heterocycles. The van der Waals surface area contributed by atoms with E-state index < -0.39 is 6.10 Å². The van der Waals surface area contributed by atoms with Crippen LogP contribution in [0, 0.1) is 0 Å². The van der Waals surface area contributed by atoms with E-state index >= 15 is 0 Å². The second-order valence-electron chi connectivity index (χ2n) is 9.51. The van der Waals surface area contributed by atoms with Gasteiger partial charge >= 0.3 is 0 Å². The van der Waals surface area contributed by atoms with Crippen LogP contribution in [-0.2, 0) is 36.8 Å². The van der Waals surface area contributed by atoms with Gasteiger partial charge < -0.3 is 28.8 Å². The van der Waals surface area contributed by atoms with Crippen molar-refractivity contribution in [2.24, 2.45) is 0 Å². The number of nitrogens with zero attached hydrogens (tertiary/aromatic N) is 2. The van der Waals surface area contributed by atoms with Crippen LogP contribution in [-0.4, -0.2) is 77.3 Å². The van der Waals surface area contributed by atoms with Crippen LogP contribution in [0.5, 0.6) is 0 Å². The summed E-state index contributed by atoms with van der Waals surface area (Å²) in [5, 5.41) is 10.0. The number of hydrogen-bond donors (Lipinski definition) is 1. The molecule has 0 saturated carbocycles. The summed E-state index contributed by atoms with van der Waals surface area (Å²) in [5.74, 6) is 0. The number of rotatable bonds is 25. The molecule has 0 aliphatic carbocycles. The normalized spacial score (nSPS) is 13.0. The number of methoxy groups -OCH3 is 1. The third-order valence-corrected chi connectivity index (χ3v) is 6.07. The summed E-state index contributed by atoms with van der Waals surface area (Å²) in [7, 11) is 1.73. The lowest BCUT2D eigenvalue weighted by molar-refractivity contribution is -0.704. The molecule has 0 aromatic carbocycles. The highest BCUT2D eigenvalue weighted by Crippen LogP contribution is 2.01. The first-order chi connectivity index (χ1) is 18.8. The standard InChI is InChI=1S/C30H50N2O6/c1-34-30(26-32-17-7-3-8-18-32)28-38-24-14-12-22-36-20-10-4-9-19-35-21-11-13-23-37-27-29(33)25-31-15-5-2-6-16-31/h2-3,5-8,15-18,29-30,33H,4,9-14,19-28H2,1H3/q+2. The quantitative estimate of drug-likeness (QED) is 0.156. The molecule has 0 fully saturated rings. The number of aliphatic hydroxyl groups excluding tert-OH is 1. The highest BCUT2D eigenvalue weighted by molar-refractivity contribution is 4.84. The zero-order valence-corrected chi connectivity index (χ0v) is 23.3. The van der Waals surface area contributed by atoms with Gasteiger partial charge in [0.15, 0.2) is 37.9 Å². The van der Waals surface area contributed by atoms with Crippen LogP contribution < -0.4 is 9.13 Å². The van der Waals surface area contributed by atoms with Gasteiger partial charge in [0.25, 0.3) is 0 Å². The molecule has 38 heavy (non-hydrogen) atoms. The summed E-state index contributed by atoms with van der Waals surface area (Å²) in [4.78, 5) is 0. The monoisotopic (exact) mass is 534 g/mol. The molecular weight excluding hydrogens is 484 g/mol. The molecule has 1 N–H and O–H groups in total. The fourth-order valence-electron chi connectivity index (χ4n) is 3.88. The molecule has 0 radical (unpaired) electrons. The zero-order valence-electron chi connectivity index (χ0n) is 23.3. The van der Waals surface area contributed by atoms with Gasteiger partial charge in [-0.05, 0) is 44.9 Å². The first kappa shape index (κ1) is 32.3. The van der Waals surface area contributed by atoms with Crippen LogP contribution in [0.25, 0.3) is 0 Å². The first-order valence-electron chi connectivity index (χ1n) is 14.2. The minimum atomic E-state index is -0.486. The van der Waals surface area contributed by atoms with E-state index in [1.807, 2.05) is 65.8 Å². The molecule has 8 nitrogen and oxygen atoms in total. The van der Waals surface area contributed by atoms with Crippen molar-refractivity contribution < 1.29 is 37.9 Å². The molecule has 0 aliphatic rings. The largest absolute Gasteiger partial charge is 0.384 e. The lowest BCUT2D eigenvalue weighted by atomic mass is 10.2. The van der Waals surface area contributed by atoms with Crippen molar-refractivity contribution in [2.45, 2.75) is 70.2 Å². The summed E-state index contributed by atoms with van der Waals surface area (Å²) in [6, 6.07) is 11.9. The maximum absolute atomic E-state index is 10.0. The molecular formula is C30H50N2O6+2. The first-order valence-corrected chi connectivity index (χ1v) is 14.2. The molecule has 0 amide bonds. The van der Waals surface area contributed by atoms with Crippen molar-refractivity contribution in [1.29, 1.82) is 0 Å². The van der Waals surface area contributed by atoms with E-state index in [4.69, 9.17) is 23.7 Å². The molecule has 2 aromatic heterocycles. The number of pyridine rings is 2. The van der Waals surface area contributed by atoms with Crippen molar-refractivity contribution >= 4 is 0 Å². The van der Waals surface area contributed by atoms with Crippen LogP contribution in [0.3, 0.4) is 0 Å². The van der Waals surface area contributed by atoms with E-state index in [1.54, 1.807) is 7.11 Å². The zero-order chi connectivity index (χ0) is 26.9. The van der Waals surface area contributed by atoms with E-state index in [2.05, 4.69) is 4.57 Å². The van der Waals surface area contributed by atoms with Gasteiger partial charge in [0.1, 0.15) is 12.2 Å². The van der Waals surface area contributed by atoms with Crippen molar-refractivity contribution in [3.05, 3.63) is 61.2 Å². The Labute approximate surface area is 229 Å². The molecule has 2 atom stereocenters. The highest BCUT2D eigenvalue weighted by atomic mass is 16.5. The molecule has 0 aliphatic heterocycles. The van der Waals surface area contributed by atoms with Gasteiger partial charge in [-0.2, -0.15) is 0 Å². The van der Waals surface area contributed by atoms with E-state index in [-0.39, 0.29) is 6.10 Å². The molecule has 8 heteroatoms. The lowest BCUT2D eigenvalue weighted by Crippen LogP contribution is -2.41. The average molecular weight is 535 g/mol. The van der Waals surface area contributed by atoms with Gasteiger partial charge in [-0.1, -0.05) is 12.1 Å². The Hall–Kier alpha value is -1.94. The average Bonchev–Trinajstić information content (AvgIpc) is 2.94. The molecule has 0 spiro atoms. The Morgan fingerprint density at radius 1 is 0.526 bits per heavy atom. The van der Waals surface area contributed by atoms with Gasteiger partial charge in [-0.25, -0.2) is 9.13 Å². The second-order valence-corrected chi connectivity index (χ2v) is 9.51. The van der Waals surface area contributed by atoms with E-state index in [1.165, 1.54) is 0 Å². The van der Waals surface area contributed by atoms with Crippen molar-refractivity contribution in [3.63, 3.8) is 0 Å². The van der Waals surface area contributed by atoms with Gasteiger partial charge in [-0.15, -0.1) is 0 Å². The van der Waals surface area contributed by atoms with Crippen LogP contribution in [0.4, 0.5) is 0 Å². The maximum atomic E-state index is 10.0. The summed E-state index contributed by atoms with van der Waals surface area (Å²) in [6.07, 6.45) is 14.8. The smallest absolute Gasteiger partial charge is 0.176 e. The van der Waals surface area contributed by atoms with Crippen molar-refractivity contribution in [1.82, 2.24) is 0 Å².